The van der Waals surface area contributed by atoms with Crippen molar-refractivity contribution in [2.75, 3.05) is 9.80 Å². The van der Waals surface area contributed by atoms with Crippen LogP contribution in [0.3, 0.4) is 0 Å². The van der Waals surface area contributed by atoms with Gasteiger partial charge in [0.15, 0.2) is 0 Å². The molecule has 0 heterocycles. The third kappa shape index (κ3) is 8.43. The van der Waals surface area contributed by atoms with Gasteiger partial charge in [0.25, 0.3) is 0 Å². The molecule has 0 amide bonds. The van der Waals surface area contributed by atoms with E-state index >= 15 is 8.78 Å². The number of anilines is 6. The van der Waals surface area contributed by atoms with Gasteiger partial charge in [0.05, 0.1) is 46.0 Å². The first-order chi connectivity index (χ1) is 37.0. The van der Waals surface area contributed by atoms with E-state index in [1.165, 1.54) is 0 Å². The van der Waals surface area contributed by atoms with Gasteiger partial charge in [-0.2, -0.15) is 10.5 Å². The molecule has 0 radical (unpaired) electrons. The molecule has 0 aliphatic heterocycles. The summed E-state index contributed by atoms with van der Waals surface area (Å²) in [4.78, 5) is 3.92. The zero-order valence-electron chi connectivity index (χ0n) is 42.3. The molecule has 12 aromatic carbocycles. The first kappa shape index (κ1) is 47.1. The molecule has 12 rings (SSSR count). The summed E-state index contributed by atoms with van der Waals surface area (Å²) in [5.41, 5.74) is 14.7. The normalized spacial score (nSPS) is 11.3. The molecule has 6 heteroatoms. The van der Waals surface area contributed by atoms with Crippen LogP contribution in [0.15, 0.2) is 218 Å². The summed E-state index contributed by atoms with van der Waals surface area (Å²) in [6.45, 7) is 8.14. The minimum absolute atomic E-state index is 0.338. The molecule has 0 aromatic heterocycles. The van der Waals surface area contributed by atoms with Crippen LogP contribution in [0.25, 0.3) is 76.8 Å². The first-order valence-electron chi connectivity index (χ1n) is 25.3. The van der Waals surface area contributed by atoms with Crippen molar-refractivity contribution in [1.29, 1.82) is 10.5 Å². The quantitative estimate of drug-likeness (QED) is 0.128. The minimum atomic E-state index is -0.430. The van der Waals surface area contributed by atoms with E-state index in [1.54, 1.807) is 24.3 Å². The van der Waals surface area contributed by atoms with Gasteiger partial charge in [0.2, 0.25) is 0 Å². The molecular weight excluding hydrogens is 935 g/mol. The van der Waals surface area contributed by atoms with E-state index < -0.39 is 11.6 Å². The largest absolute Gasteiger partial charge is 0.306 e. The third-order valence-corrected chi connectivity index (χ3v) is 14.5. The lowest BCUT2D eigenvalue weighted by molar-refractivity contribution is 0.629. The zero-order chi connectivity index (χ0) is 52.2. The van der Waals surface area contributed by atoms with Crippen LogP contribution in [0.2, 0.25) is 0 Å². The summed E-state index contributed by atoms with van der Waals surface area (Å²) in [6, 6.07) is 75.7. The molecule has 0 saturated carbocycles. The molecule has 0 unspecified atom stereocenters. The van der Waals surface area contributed by atoms with Gasteiger partial charge in [-0.3, -0.25) is 0 Å². The highest BCUT2D eigenvalue weighted by atomic mass is 19.1. The van der Waals surface area contributed by atoms with Gasteiger partial charge in [0, 0.05) is 33.3 Å². The van der Waals surface area contributed by atoms with Crippen molar-refractivity contribution in [3.8, 4) is 56.6 Å². The number of nitriles is 2. The van der Waals surface area contributed by atoms with Crippen molar-refractivity contribution in [1.82, 2.24) is 0 Å². The average Bonchev–Trinajstić information content (AvgIpc) is 3.47. The Balaban J connectivity index is 1.14. The van der Waals surface area contributed by atoms with Crippen LogP contribution in [0.5, 0.6) is 0 Å². The van der Waals surface area contributed by atoms with Gasteiger partial charge >= 0.3 is 0 Å². The summed E-state index contributed by atoms with van der Waals surface area (Å²) < 4.78 is 36.0. The highest BCUT2D eigenvalue weighted by Crippen LogP contribution is 2.52. The summed E-state index contributed by atoms with van der Waals surface area (Å²) in [5, 5.41) is 26.1. The second-order valence-electron chi connectivity index (χ2n) is 19.8. The fourth-order valence-electron chi connectivity index (χ4n) is 11.1. The van der Waals surface area contributed by atoms with Crippen molar-refractivity contribution < 1.29 is 8.78 Å². The van der Waals surface area contributed by atoms with Crippen LogP contribution in [-0.4, -0.2) is 0 Å². The molecule has 0 saturated heterocycles. The molecule has 0 atom stereocenters. The van der Waals surface area contributed by atoms with Crippen molar-refractivity contribution in [2.45, 2.75) is 27.7 Å². The Morgan fingerprint density at radius 2 is 0.697 bits per heavy atom. The van der Waals surface area contributed by atoms with Crippen LogP contribution < -0.4 is 9.80 Å². The number of rotatable bonds is 10. The Morgan fingerprint density at radius 3 is 1.08 bits per heavy atom. The third-order valence-electron chi connectivity index (χ3n) is 14.5. The van der Waals surface area contributed by atoms with E-state index in [1.807, 2.05) is 159 Å². The molecule has 76 heavy (non-hydrogen) atoms. The summed E-state index contributed by atoms with van der Waals surface area (Å²) in [7, 11) is 0. The van der Waals surface area contributed by atoms with Crippen molar-refractivity contribution in [3.05, 3.63) is 263 Å². The number of hydrogen-bond acceptors (Lipinski definition) is 4. The summed E-state index contributed by atoms with van der Waals surface area (Å²) >= 11 is 0. The smallest absolute Gasteiger partial charge is 0.148 e. The Labute approximate surface area is 441 Å². The Bertz CT molecular complexity index is 4090. The second-order valence-corrected chi connectivity index (χ2v) is 19.8. The monoisotopic (exact) mass is 982 g/mol. The van der Waals surface area contributed by atoms with Gasteiger partial charge in [-0.1, -0.05) is 168 Å². The number of halogens is 2. The zero-order valence-corrected chi connectivity index (χ0v) is 42.3. The van der Waals surface area contributed by atoms with Crippen LogP contribution in [0.1, 0.15) is 33.4 Å². The van der Waals surface area contributed by atoms with Crippen LogP contribution in [-0.2, 0) is 0 Å². The predicted octanol–water partition coefficient (Wildman–Crippen LogP) is 19.4. The maximum absolute atomic E-state index is 18.0. The SMILES string of the molecule is Cc1cccc(-c2cc(F)c(N(c3cccc(C#N)c3)c3ccc4ccc5c(N(c6cccc(C#N)c6)c6c(F)cc(-c7cccc(C)c7)cc6-c6cccc(C)c6)ccc6ccc3c4c65)c(-c3cccc(C)c3)c2)c1. The van der Waals surface area contributed by atoms with E-state index in [2.05, 4.69) is 84.9 Å². The van der Waals surface area contributed by atoms with Crippen LogP contribution >= 0.6 is 0 Å². The summed E-state index contributed by atoms with van der Waals surface area (Å²) in [6.07, 6.45) is 0. The number of hydrogen-bond donors (Lipinski definition) is 0. The van der Waals surface area contributed by atoms with Gasteiger partial charge in [-0.05, 0) is 155 Å². The molecule has 0 N–H and O–H groups in total. The van der Waals surface area contributed by atoms with Gasteiger partial charge in [-0.25, -0.2) is 8.78 Å². The van der Waals surface area contributed by atoms with Crippen LogP contribution in [0.4, 0.5) is 42.9 Å². The van der Waals surface area contributed by atoms with Gasteiger partial charge in [-0.15, -0.1) is 0 Å². The number of aryl methyl sites for hydroxylation is 4. The fraction of sp³-hybridized carbons (Fsp3) is 0.0571. The maximum Gasteiger partial charge on any atom is 0.148 e. The first-order valence-corrected chi connectivity index (χ1v) is 25.3. The second kappa shape index (κ2) is 19.2. The Kier molecular flexibility index (Phi) is 11.9. The molecule has 0 aliphatic carbocycles. The molecule has 4 nitrogen and oxygen atoms in total. The lowest BCUT2D eigenvalue weighted by Gasteiger charge is -2.32. The molecule has 0 aliphatic rings. The van der Waals surface area contributed by atoms with Crippen molar-refractivity contribution in [2.24, 2.45) is 0 Å². The fourth-order valence-corrected chi connectivity index (χ4v) is 11.1. The molecule has 12 aromatic rings. The highest BCUT2D eigenvalue weighted by Gasteiger charge is 2.29. The molecule has 0 fully saturated rings. The van der Waals surface area contributed by atoms with Gasteiger partial charge in [0.1, 0.15) is 11.6 Å². The van der Waals surface area contributed by atoms with E-state index in [4.69, 9.17) is 0 Å². The Morgan fingerprint density at radius 1 is 0.342 bits per heavy atom. The number of benzene rings is 12. The van der Waals surface area contributed by atoms with Crippen LogP contribution in [0, 0.1) is 62.0 Å². The van der Waals surface area contributed by atoms with Crippen molar-refractivity contribution >= 4 is 66.4 Å². The van der Waals surface area contributed by atoms with Crippen molar-refractivity contribution in [3.63, 3.8) is 0 Å². The summed E-state index contributed by atoms with van der Waals surface area (Å²) in [5.74, 6) is -0.859. The number of nitrogens with zero attached hydrogens (tertiary/aromatic N) is 4. The molecule has 362 valence electrons. The van der Waals surface area contributed by atoms with E-state index in [0.717, 1.165) is 88.0 Å². The lowest BCUT2D eigenvalue weighted by Crippen LogP contribution is -2.15. The molecule has 0 spiro atoms. The molecule has 0 bridgehead atoms. The maximum atomic E-state index is 18.0. The molecular formula is C70H48F2N4. The van der Waals surface area contributed by atoms with Gasteiger partial charge < -0.3 is 9.80 Å². The van der Waals surface area contributed by atoms with E-state index in [-0.39, 0.29) is 0 Å². The minimum Gasteiger partial charge on any atom is -0.306 e. The van der Waals surface area contributed by atoms with E-state index in [9.17, 15) is 10.5 Å². The lowest BCUT2D eigenvalue weighted by atomic mass is 9.90. The topological polar surface area (TPSA) is 54.1 Å². The average molecular weight is 983 g/mol. The highest BCUT2D eigenvalue weighted by molar-refractivity contribution is 6.28. The standard InChI is InChI=1S/C70H48F2N4/c1-43-11-5-17-51(31-43)55-37-61(53-19-7-13-45(3)33-53)69(63(71)39-55)75(57-21-9-15-47(35-57)41-73)65-29-25-49-24-28-60-66(30-26-50-23-27-59(65)67(49)68(50)60)76(58-22-10-16-48(36-58)42-74)70-62(54-20-8-14-46(4)34-54)38-56(40-64(70)72)52-18-6-12-44(2)32-52/h5-40H,1-4H3. The predicted molar refractivity (Wildman–Crippen MR) is 310 cm³/mol. The Hall–Kier alpha value is -9.88. The van der Waals surface area contributed by atoms with E-state index in [0.29, 0.717) is 56.4 Å².